The molecule has 20 heavy (non-hydrogen) atoms. The molecule has 0 aliphatic heterocycles. The van der Waals surface area contributed by atoms with Gasteiger partial charge in [0, 0.05) is 10.2 Å². The Morgan fingerprint density at radius 3 is 2.65 bits per heavy atom. The van der Waals surface area contributed by atoms with Gasteiger partial charge in [-0.05, 0) is 37.6 Å². The third-order valence-electron chi connectivity index (χ3n) is 2.45. The predicted octanol–water partition coefficient (Wildman–Crippen LogP) is 2.37. The van der Waals surface area contributed by atoms with Crippen LogP contribution in [0.25, 0.3) is 0 Å². The lowest BCUT2D eigenvalue weighted by Crippen LogP contribution is -2.13. The summed E-state index contributed by atoms with van der Waals surface area (Å²) in [7, 11) is 0. The maximum absolute atomic E-state index is 5.33. The summed E-state index contributed by atoms with van der Waals surface area (Å²) in [6.07, 6.45) is 0. The number of hydrazine groups is 1. The average Bonchev–Trinajstić information content (AvgIpc) is 2.42. The van der Waals surface area contributed by atoms with E-state index in [2.05, 4.69) is 41.6 Å². The van der Waals surface area contributed by atoms with E-state index in [9.17, 15) is 0 Å². The van der Waals surface area contributed by atoms with Gasteiger partial charge in [0.05, 0.1) is 6.61 Å². The van der Waals surface area contributed by atoms with Gasteiger partial charge in [0.15, 0.2) is 0 Å². The van der Waals surface area contributed by atoms with Crippen LogP contribution < -0.4 is 21.3 Å². The van der Waals surface area contributed by atoms with Gasteiger partial charge in [-0.25, -0.2) is 5.84 Å². The molecule has 2 aromatic rings. The van der Waals surface area contributed by atoms with Crippen molar-refractivity contribution < 1.29 is 4.74 Å². The minimum atomic E-state index is 0.215. The van der Waals surface area contributed by atoms with Gasteiger partial charge in [0.25, 0.3) is 0 Å². The summed E-state index contributed by atoms with van der Waals surface area (Å²) in [5.74, 6) is 5.93. The first-order chi connectivity index (χ1) is 9.62. The first-order valence-corrected chi connectivity index (χ1v) is 6.80. The predicted molar refractivity (Wildman–Crippen MR) is 81.0 cm³/mol. The van der Waals surface area contributed by atoms with Gasteiger partial charge in [-0.1, -0.05) is 15.9 Å². The quantitative estimate of drug-likeness (QED) is 0.568. The van der Waals surface area contributed by atoms with E-state index in [-0.39, 0.29) is 12.0 Å². The number of benzene rings is 1. The number of rotatable bonds is 5. The molecule has 0 spiro atoms. The third kappa shape index (κ3) is 3.55. The van der Waals surface area contributed by atoms with Crippen LogP contribution in [0.1, 0.15) is 12.5 Å². The second-order valence-electron chi connectivity index (χ2n) is 3.93. The zero-order chi connectivity index (χ0) is 14.5. The largest absolute Gasteiger partial charge is 0.464 e. The van der Waals surface area contributed by atoms with E-state index in [1.165, 1.54) is 0 Å². The number of nitrogen functional groups attached to an aromatic ring is 1. The minimum absolute atomic E-state index is 0.215. The second kappa shape index (κ2) is 6.49. The molecule has 0 aliphatic rings. The van der Waals surface area contributed by atoms with Crippen LogP contribution in [-0.2, 0) is 0 Å². The van der Waals surface area contributed by atoms with Gasteiger partial charge in [-0.3, -0.25) is 5.43 Å². The van der Waals surface area contributed by atoms with Crippen molar-refractivity contribution in [1.82, 2.24) is 15.0 Å². The maximum atomic E-state index is 5.33. The van der Waals surface area contributed by atoms with E-state index in [1.807, 2.05) is 32.0 Å². The molecule has 0 aliphatic carbocycles. The van der Waals surface area contributed by atoms with Crippen molar-refractivity contribution >= 4 is 33.5 Å². The number of nitrogens with zero attached hydrogens (tertiary/aromatic N) is 3. The fraction of sp³-hybridized carbons (Fsp3) is 0.250. The summed E-state index contributed by atoms with van der Waals surface area (Å²) in [4.78, 5) is 12.3. The van der Waals surface area contributed by atoms with Crippen molar-refractivity contribution in [3.8, 4) is 6.01 Å². The lowest BCUT2D eigenvalue weighted by molar-refractivity contribution is 0.312. The van der Waals surface area contributed by atoms with Crippen LogP contribution in [0.5, 0.6) is 6.01 Å². The molecular formula is C12H15BrN6O. The van der Waals surface area contributed by atoms with Gasteiger partial charge in [0.1, 0.15) is 0 Å². The zero-order valence-corrected chi connectivity index (χ0v) is 12.7. The molecule has 8 heteroatoms. The highest BCUT2D eigenvalue weighted by molar-refractivity contribution is 9.10. The summed E-state index contributed by atoms with van der Waals surface area (Å²) in [6, 6.07) is 6.07. The summed E-state index contributed by atoms with van der Waals surface area (Å²) < 4.78 is 6.28. The van der Waals surface area contributed by atoms with Crippen molar-refractivity contribution in [1.29, 1.82) is 0 Å². The van der Waals surface area contributed by atoms with Crippen molar-refractivity contribution in [3.63, 3.8) is 0 Å². The summed E-state index contributed by atoms with van der Waals surface area (Å²) >= 11 is 3.42. The highest BCUT2D eigenvalue weighted by Crippen LogP contribution is 2.23. The smallest absolute Gasteiger partial charge is 0.323 e. The molecule has 4 N–H and O–H groups in total. The Morgan fingerprint density at radius 1 is 1.25 bits per heavy atom. The molecule has 106 valence electrons. The monoisotopic (exact) mass is 338 g/mol. The van der Waals surface area contributed by atoms with Crippen molar-refractivity contribution in [2.45, 2.75) is 13.8 Å². The zero-order valence-electron chi connectivity index (χ0n) is 11.1. The highest BCUT2D eigenvalue weighted by atomic mass is 79.9. The number of aromatic nitrogens is 3. The number of halogens is 1. The number of hydrogen-bond donors (Lipinski definition) is 3. The Labute approximate surface area is 125 Å². The van der Waals surface area contributed by atoms with Crippen LogP contribution in [0.3, 0.4) is 0 Å². The topological polar surface area (TPSA) is 98.0 Å². The van der Waals surface area contributed by atoms with E-state index >= 15 is 0 Å². The lowest BCUT2D eigenvalue weighted by Gasteiger charge is -2.10. The SMILES string of the molecule is CCOc1nc(NN)nc(Nc2ccc(Br)cc2C)n1. The highest BCUT2D eigenvalue weighted by Gasteiger charge is 2.08. The van der Waals surface area contributed by atoms with E-state index in [0.29, 0.717) is 12.6 Å². The summed E-state index contributed by atoms with van der Waals surface area (Å²) in [6.45, 7) is 4.30. The van der Waals surface area contributed by atoms with Crippen LogP contribution in [0.15, 0.2) is 22.7 Å². The van der Waals surface area contributed by atoms with Gasteiger partial charge < -0.3 is 10.1 Å². The Morgan fingerprint density at radius 2 is 2.00 bits per heavy atom. The Hall–Kier alpha value is -1.93. The third-order valence-corrected chi connectivity index (χ3v) is 2.95. The number of nitrogens with one attached hydrogen (secondary N) is 2. The number of anilines is 3. The Balaban J connectivity index is 2.29. The average molecular weight is 339 g/mol. The molecule has 0 fully saturated rings. The molecule has 0 radical (unpaired) electrons. The van der Waals surface area contributed by atoms with Crippen molar-refractivity contribution in [2.75, 3.05) is 17.3 Å². The minimum Gasteiger partial charge on any atom is -0.464 e. The number of nitrogens with two attached hydrogens (primary N) is 1. The Bertz CT molecular complexity index is 606. The number of ether oxygens (including phenoxy) is 1. The molecule has 0 atom stereocenters. The normalized spacial score (nSPS) is 10.2. The lowest BCUT2D eigenvalue weighted by atomic mass is 10.2. The molecule has 0 amide bonds. The molecule has 2 rings (SSSR count). The van der Waals surface area contributed by atoms with E-state index in [1.54, 1.807) is 0 Å². The fourth-order valence-electron chi connectivity index (χ4n) is 1.56. The molecule has 0 saturated heterocycles. The van der Waals surface area contributed by atoms with Crippen LogP contribution in [0.4, 0.5) is 17.6 Å². The van der Waals surface area contributed by atoms with E-state index in [0.717, 1.165) is 15.7 Å². The Kier molecular flexibility index (Phi) is 4.70. The van der Waals surface area contributed by atoms with Gasteiger partial charge in [-0.2, -0.15) is 15.0 Å². The van der Waals surface area contributed by atoms with Crippen LogP contribution in [0, 0.1) is 6.92 Å². The standard InChI is InChI=1S/C12H15BrN6O/c1-3-20-12-17-10(16-11(18-12)19-14)15-9-5-4-8(13)6-7(9)2/h4-6H,3,14H2,1-2H3,(H2,15,16,17,18,19). The molecule has 1 aromatic carbocycles. The van der Waals surface area contributed by atoms with Crippen LogP contribution in [-0.4, -0.2) is 21.6 Å². The molecule has 1 aromatic heterocycles. The van der Waals surface area contributed by atoms with Gasteiger partial charge in [-0.15, -0.1) is 0 Å². The van der Waals surface area contributed by atoms with Gasteiger partial charge in [0.2, 0.25) is 11.9 Å². The molecule has 0 unspecified atom stereocenters. The number of aryl methyl sites for hydroxylation is 1. The first-order valence-electron chi connectivity index (χ1n) is 6.01. The molecule has 1 heterocycles. The molecule has 7 nitrogen and oxygen atoms in total. The van der Waals surface area contributed by atoms with Gasteiger partial charge >= 0.3 is 6.01 Å². The van der Waals surface area contributed by atoms with Crippen molar-refractivity contribution in [2.24, 2.45) is 5.84 Å². The molecule has 0 saturated carbocycles. The molecular weight excluding hydrogens is 324 g/mol. The van der Waals surface area contributed by atoms with E-state index in [4.69, 9.17) is 10.6 Å². The molecule has 0 bridgehead atoms. The maximum Gasteiger partial charge on any atom is 0.323 e. The fourth-order valence-corrected chi connectivity index (χ4v) is 2.03. The first kappa shape index (κ1) is 14.5. The number of hydrogen-bond acceptors (Lipinski definition) is 7. The van der Waals surface area contributed by atoms with Crippen LogP contribution in [0.2, 0.25) is 0 Å². The van der Waals surface area contributed by atoms with Crippen molar-refractivity contribution in [3.05, 3.63) is 28.2 Å². The van der Waals surface area contributed by atoms with E-state index < -0.39 is 0 Å². The summed E-state index contributed by atoms with van der Waals surface area (Å²) in [5.41, 5.74) is 4.33. The summed E-state index contributed by atoms with van der Waals surface area (Å²) in [5, 5.41) is 3.11. The second-order valence-corrected chi connectivity index (χ2v) is 4.84. The van der Waals surface area contributed by atoms with Crippen LogP contribution >= 0.6 is 15.9 Å².